The van der Waals surface area contributed by atoms with Crippen molar-refractivity contribution in [3.05, 3.63) is 0 Å². The Hall–Kier alpha value is -0.510. The third-order valence-electron chi connectivity index (χ3n) is 2.63. The molecule has 4 heteroatoms. The topological polar surface area (TPSA) is 43.4 Å². The predicted octanol–water partition coefficient (Wildman–Crippen LogP) is 3.17. The Labute approximate surface area is 115 Å². The van der Waals surface area contributed by atoms with Crippen LogP contribution in [-0.2, 0) is 14.3 Å². The van der Waals surface area contributed by atoms with Crippen molar-refractivity contribution in [3.8, 4) is 0 Å². The van der Waals surface area contributed by atoms with E-state index in [4.69, 9.17) is 4.74 Å². The van der Waals surface area contributed by atoms with Crippen LogP contribution in [0.25, 0.3) is 0 Å². The van der Waals surface area contributed by atoms with E-state index in [-0.39, 0.29) is 30.0 Å². The number of carbonyl (C=O) groups is 2. The number of hydrogen-bond acceptors (Lipinski definition) is 4. The van der Waals surface area contributed by atoms with E-state index in [2.05, 4.69) is 0 Å². The summed E-state index contributed by atoms with van der Waals surface area (Å²) in [6, 6.07) is 0. The van der Waals surface area contributed by atoms with E-state index in [1.807, 2.05) is 34.0 Å². The average Bonchev–Trinajstić information content (AvgIpc) is 2.30. The van der Waals surface area contributed by atoms with E-state index in [9.17, 15) is 9.59 Å². The summed E-state index contributed by atoms with van der Waals surface area (Å²) in [6.45, 7) is 8.20. The first-order chi connectivity index (χ1) is 8.38. The Balaban J connectivity index is 4.30. The Morgan fingerprint density at radius 1 is 1.17 bits per heavy atom. The molecule has 0 aliphatic carbocycles. The Kier molecular flexibility index (Phi) is 9.16. The molecule has 0 saturated carbocycles. The fourth-order valence-corrected chi connectivity index (χ4v) is 2.12. The van der Waals surface area contributed by atoms with Crippen molar-refractivity contribution in [2.75, 3.05) is 18.6 Å². The molecule has 0 bridgehead atoms. The quantitative estimate of drug-likeness (QED) is 0.606. The highest BCUT2D eigenvalue weighted by molar-refractivity contribution is 7.98. The van der Waals surface area contributed by atoms with Gasteiger partial charge in [-0.2, -0.15) is 11.8 Å². The summed E-state index contributed by atoms with van der Waals surface area (Å²) in [6.07, 6.45) is 2.99. The number of carbonyl (C=O) groups excluding carboxylic acids is 2. The molecule has 0 aromatic carbocycles. The number of ether oxygens (including phenoxy) is 1. The van der Waals surface area contributed by atoms with Crippen LogP contribution in [0.4, 0.5) is 0 Å². The highest BCUT2D eigenvalue weighted by atomic mass is 32.2. The van der Waals surface area contributed by atoms with Crippen LogP contribution in [0.5, 0.6) is 0 Å². The largest absolute Gasteiger partial charge is 0.465 e. The van der Waals surface area contributed by atoms with E-state index in [1.165, 1.54) is 0 Å². The summed E-state index contributed by atoms with van der Waals surface area (Å²) in [4.78, 5) is 23.7. The summed E-state index contributed by atoms with van der Waals surface area (Å²) in [5.41, 5.74) is 0. The molecule has 0 heterocycles. The van der Waals surface area contributed by atoms with Crippen LogP contribution in [0.2, 0.25) is 0 Å². The minimum absolute atomic E-state index is 0.0187. The van der Waals surface area contributed by atoms with Crippen molar-refractivity contribution in [1.29, 1.82) is 0 Å². The monoisotopic (exact) mass is 274 g/mol. The molecule has 0 rings (SSSR count). The third-order valence-corrected chi connectivity index (χ3v) is 3.28. The molecule has 0 amide bonds. The van der Waals surface area contributed by atoms with E-state index in [0.717, 1.165) is 12.2 Å². The molecule has 0 fully saturated rings. The summed E-state index contributed by atoms with van der Waals surface area (Å²) < 4.78 is 5.15. The van der Waals surface area contributed by atoms with Crippen molar-refractivity contribution in [2.24, 2.45) is 17.8 Å². The van der Waals surface area contributed by atoms with Gasteiger partial charge in [0.15, 0.2) is 0 Å². The Bertz CT molecular complexity index is 262. The van der Waals surface area contributed by atoms with Gasteiger partial charge in [-0.15, -0.1) is 0 Å². The van der Waals surface area contributed by atoms with Crippen LogP contribution < -0.4 is 0 Å². The van der Waals surface area contributed by atoms with Gasteiger partial charge in [-0.05, 0) is 24.3 Å². The smallest absolute Gasteiger partial charge is 0.306 e. The van der Waals surface area contributed by atoms with Crippen LogP contribution in [0.15, 0.2) is 0 Å². The lowest BCUT2D eigenvalue weighted by molar-refractivity contribution is -0.148. The van der Waals surface area contributed by atoms with E-state index in [0.29, 0.717) is 12.5 Å². The molecule has 0 N–H and O–H groups in total. The van der Waals surface area contributed by atoms with Crippen LogP contribution in [-0.4, -0.2) is 30.4 Å². The van der Waals surface area contributed by atoms with Gasteiger partial charge in [-0.25, -0.2) is 0 Å². The molecule has 1 unspecified atom stereocenters. The van der Waals surface area contributed by atoms with Crippen molar-refractivity contribution in [3.63, 3.8) is 0 Å². The lowest BCUT2D eigenvalue weighted by atomic mass is 9.90. The normalized spacial score (nSPS) is 12.8. The van der Waals surface area contributed by atoms with Crippen LogP contribution >= 0.6 is 11.8 Å². The first kappa shape index (κ1) is 17.5. The first-order valence-corrected chi connectivity index (χ1v) is 7.96. The molecule has 1 atom stereocenters. The molecule has 0 saturated heterocycles. The molecule has 106 valence electrons. The molecule has 0 aromatic heterocycles. The van der Waals surface area contributed by atoms with Gasteiger partial charge in [0.05, 0.1) is 13.0 Å². The minimum atomic E-state index is -0.246. The molecular weight excluding hydrogens is 248 g/mol. The predicted molar refractivity (Wildman–Crippen MR) is 76.7 cm³/mol. The van der Waals surface area contributed by atoms with Gasteiger partial charge in [0.1, 0.15) is 5.78 Å². The van der Waals surface area contributed by atoms with Crippen molar-refractivity contribution in [1.82, 2.24) is 0 Å². The highest BCUT2D eigenvalue weighted by Crippen LogP contribution is 2.18. The molecule has 0 spiro atoms. The molecule has 0 aliphatic heterocycles. The van der Waals surface area contributed by atoms with Gasteiger partial charge in [-0.1, -0.05) is 27.7 Å². The fraction of sp³-hybridized carbons (Fsp3) is 0.857. The van der Waals surface area contributed by atoms with Gasteiger partial charge < -0.3 is 4.74 Å². The number of rotatable bonds is 9. The van der Waals surface area contributed by atoms with Gasteiger partial charge in [0.2, 0.25) is 0 Å². The summed E-state index contributed by atoms with van der Waals surface area (Å²) in [5, 5.41) is 0. The zero-order valence-electron chi connectivity index (χ0n) is 12.2. The summed E-state index contributed by atoms with van der Waals surface area (Å²) >= 11 is 1.70. The zero-order valence-corrected chi connectivity index (χ0v) is 13.0. The second-order valence-electron chi connectivity index (χ2n) is 5.32. The second-order valence-corrected chi connectivity index (χ2v) is 6.30. The number of hydrogen-bond donors (Lipinski definition) is 0. The van der Waals surface area contributed by atoms with E-state index >= 15 is 0 Å². The minimum Gasteiger partial charge on any atom is -0.465 e. The van der Waals surface area contributed by atoms with Crippen LogP contribution in [0, 0.1) is 17.8 Å². The SMILES string of the molecule is CSCCC(CC(=O)OCC(C)C)C(=O)C(C)C. The van der Waals surface area contributed by atoms with Gasteiger partial charge in [-0.3, -0.25) is 9.59 Å². The standard InChI is InChI=1S/C14H26O3S/c1-10(2)9-17-13(15)8-12(6-7-18-5)14(16)11(3)4/h10-12H,6-9H2,1-5H3. The first-order valence-electron chi connectivity index (χ1n) is 6.56. The van der Waals surface area contributed by atoms with E-state index in [1.54, 1.807) is 11.8 Å². The number of thioether (sulfide) groups is 1. The number of Topliss-reactive ketones (excluding diaryl/α,β-unsaturated/α-hetero) is 1. The van der Waals surface area contributed by atoms with Crippen molar-refractivity contribution in [2.45, 2.75) is 40.5 Å². The van der Waals surface area contributed by atoms with Gasteiger partial charge in [0.25, 0.3) is 0 Å². The Morgan fingerprint density at radius 3 is 2.22 bits per heavy atom. The maximum Gasteiger partial charge on any atom is 0.306 e. The van der Waals surface area contributed by atoms with Gasteiger partial charge in [0, 0.05) is 11.8 Å². The lowest BCUT2D eigenvalue weighted by Gasteiger charge is -2.17. The lowest BCUT2D eigenvalue weighted by Crippen LogP contribution is -2.25. The second kappa shape index (κ2) is 9.42. The molecular formula is C14H26O3S. The number of ketones is 1. The molecule has 0 aromatic rings. The van der Waals surface area contributed by atoms with Gasteiger partial charge >= 0.3 is 5.97 Å². The number of esters is 1. The fourth-order valence-electron chi connectivity index (χ4n) is 1.60. The molecule has 0 radical (unpaired) electrons. The average molecular weight is 274 g/mol. The molecule has 18 heavy (non-hydrogen) atoms. The maximum absolute atomic E-state index is 12.0. The maximum atomic E-state index is 12.0. The Morgan fingerprint density at radius 2 is 1.78 bits per heavy atom. The molecule has 3 nitrogen and oxygen atoms in total. The summed E-state index contributed by atoms with van der Waals surface area (Å²) in [7, 11) is 0. The zero-order chi connectivity index (χ0) is 14.1. The molecule has 0 aliphatic rings. The van der Waals surface area contributed by atoms with Crippen molar-refractivity contribution >= 4 is 23.5 Å². The van der Waals surface area contributed by atoms with Crippen LogP contribution in [0.1, 0.15) is 40.5 Å². The van der Waals surface area contributed by atoms with E-state index < -0.39 is 0 Å². The summed E-state index contributed by atoms with van der Waals surface area (Å²) in [5.74, 6) is 0.959. The highest BCUT2D eigenvalue weighted by Gasteiger charge is 2.24. The third kappa shape index (κ3) is 7.75. The van der Waals surface area contributed by atoms with Crippen LogP contribution in [0.3, 0.4) is 0 Å². The van der Waals surface area contributed by atoms with Crippen molar-refractivity contribution < 1.29 is 14.3 Å².